The lowest BCUT2D eigenvalue weighted by molar-refractivity contribution is 0.845. The van der Waals surface area contributed by atoms with Crippen LogP contribution in [0.25, 0.3) is 5.82 Å². The molecule has 66 valence electrons. The minimum atomic E-state index is 0.864. The van der Waals surface area contributed by atoms with Crippen LogP contribution in [0.2, 0.25) is 0 Å². The molecule has 0 aromatic carbocycles. The van der Waals surface area contributed by atoms with Crippen LogP contribution < -0.4 is 0 Å². The zero-order chi connectivity index (χ0) is 9.26. The fraction of sp³-hybridized carbons (Fsp3) is 0.111. The van der Waals surface area contributed by atoms with Crippen molar-refractivity contribution >= 4 is 22.6 Å². The second kappa shape index (κ2) is 3.45. The first-order valence-corrected chi connectivity index (χ1v) is 4.97. The third kappa shape index (κ3) is 1.88. The molecule has 0 atom stereocenters. The predicted octanol–water partition coefficient (Wildman–Crippen LogP) is 2.18. The molecule has 13 heavy (non-hydrogen) atoms. The molecule has 4 heteroatoms. The Labute approximate surface area is 89.9 Å². The summed E-state index contributed by atoms with van der Waals surface area (Å²) in [6.45, 7) is 2.04. The Kier molecular flexibility index (Phi) is 2.30. The van der Waals surface area contributed by atoms with Gasteiger partial charge < -0.3 is 0 Å². The van der Waals surface area contributed by atoms with E-state index in [0.29, 0.717) is 0 Å². The summed E-state index contributed by atoms with van der Waals surface area (Å²) in [4.78, 5) is 4.22. The van der Waals surface area contributed by atoms with Crippen molar-refractivity contribution in [1.82, 2.24) is 14.8 Å². The first-order chi connectivity index (χ1) is 6.25. The van der Waals surface area contributed by atoms with Crippen LogP contribution >= 0.6 is 22.6 Å². The highest BCUT2D eigenvalue weighted by molar-refractivity contribution is 14.1. The molecule has 0 aliphatic carbocycles. The molecule has 0 N–H and O–H groups in total. The van der Waals surface area contributed by atoms with Gasteiger partial charge in [0.1, 0.15) is 0 Å². The van der Waals surface area contributed by atoms with Gasteiger partial charge in [-0.05, 0) is 47.2 Å². The van der Waals surface area contributed by atoms with Crippen LogP contribution in [-0.4, -0.2) is 14.8 Å². The van der Waals surface area contributed by atoms with Gasteiger partial charge in [0, 0.05) is 12.4 Å². The molecule has 0 aliphatic rings. The first kappa shape index (κ1) is 8.68. The van der Waals surface area contributed by atoms with Crippen LogP contribution in [-0.2, 0) is 0 Å². The number of pyridine rings is 1. The van der Waals surface area contributed by atoms with Gasteiger partial charge in [-0.3, -0.25) is 0 Å². The maximum Gasteiger partial charge on any atom is 0.153 e. The van der Waals surface area contributed by atoms with Crippen LogP contribution in [0.5, 0.6) is 0 Å². The Hall–Kier alpha value is -0.910. The van der Waals surface area contributed by atoms with Gasteiger partial charge in [0.2, 0.25) is 0 Å². The molecule has 0 radical (unpaired) electrons. The van der Waals surface area contributed by atoms with Crippen molar-refractivity contribution in [2.75, 3.05) is 0 Å². The van der Waals surface area contributed by atoms with E-state index in [0.717, 1.165) is 9.39 Å². The summed E-state index contributed by atoms with van der Waals surface area (Å²) >= 11 is 2.22. The van der Waals surface area contributed by atoms with Gasteiger partial charge in [0.05, 0.1) is 9.77 Å². The smallest absolute Gasteiger partial charge is 0.153 e. The third-order valence-corrected chi connectivity index (χ3v) is 2.24. The molecular weight excluding hydrogens is 277 g/mol. The number of hydrogen-bond acceptors (Lipinski definition) is 2. The Morgan fingerprint density at radius 3 is 2.92 bits per heavy atom. The summed E-state index contributed by atoms with van der Waals surface area (Å²) in [5.41, 5.74) is 1.19. The second-order valence-corrected chi connectivity index (χ2v) is 4.04. The van der Waals surface area contributed by atoms with E-state index in [1.165, 1.54) is 5.56 Å². The standard InChI is InChI=1S/C9H8IN3/c1-7-2-3-11-9(4-7)13-6-8(10)5-12-13/h2-6H,1H3. The molecular formula is C9H8IN3. The number of nitrogens with zero attached hydrogens (tertiary/aromatic N) is 3. The lowest BCUT2D eigenvalue weighted by Gasteiger charge is -1.99. The zero-order valence-corrected chi connectivity index (χ0v) is 9.26. The fourth-order valence-electron chi connectivity index (χ4n) is 1.07. The van der Waals surface area contributed by atoms with Gasteiger partial charge in [-0.15, -0.1) is 0 Å². The second-order valence-electron chi connectivity index (χ2n) is 2.79. The van der Waals surface area contributed by atoms with Crippen LogP contribution in [0.15, 0.2) is 30.7 Å². The van der Waals surface area contributed by atoms with Gasteiger partial charge in [-0.2, -0.15) is 5.10 Å². The van der Waals surface area contributed by atoms with E-state index in [4.69, 9.17) is 0 Å². The van der Waals surface area contributed by atoms with E-state index in [-0.39, 0.29) is 0 Å². The van der Waals surface area contributed by atoms with E-state index >= 15 is 0 Å². The molecule has 2 aromatic rings. The van der Waals surface area contributed by atoms with Crippen molar-refractivity contribution in [1.29, 1.82) is 0 Å². The molecule has 0 aliphatic heterocycles. The van der Waals surface area contributed by atoms with E-state index in [1.807, 2.05) is 31.5 Å². The average molecular weight is 285 g/mol. The van der Waals surface area contributed by atoms with Gasteiger partial charge in [-0.1, -0.05) is 0 Å². The number of aryl methyl sites for hydroxylation is 1. The van der Waals surface area contributed by atoms with E-state index in [1.54, 1.807) is 10.9 Å². The minimum absolute atomic E-state index is 0.864. The summed E-state index contributed by atoms with van der Waals surface area (Å²) in [6.07, 6.45) is 5.55. The van der Waals surface area contributed by atoms with Gasteiger partial charge in [-0.25, -0.2) is 9.67 Å². The molecule has 2 aromatic heterocycles. The molecule has 0 fully saturated rings. The monoisotopic (exact) mass is 285 g/mol. The number of halogens is 1. The largest absolute Gasteiger partial charge is 0.237 e. The molecule has 0 saturated carbocycles. The summed E-state index contributed by atoms with van der Waals surface area (Å²) in [5.74, 6) is 0.864. The SMILES string of the molecule is Cc1ccnc(-n2cc(I)cn2)c1. The molecule has 2 rings (SSSR count). The summed E-state index contributed by atoms with van der Waals surface area (Å²) in [7, 11) is 0. The molecule has 0 amide bonds. The number of hydrogen-bond donors (Lipinski definition) is 0. The highest BCUT2D eigenvalue weighted by Gasteiger charge is 1.99. The highest BCUT2D eigenvalue weighted by atomic mass is 127. The van der Waals surface area contributed by atoms with Crippen molar-refractivity contribution in [3.05, 3.63) is 39.9 Å². The minimum Gasteiger partial charge on any atom is -0.237 e. The Morgan fingerprint density at radius 2 is 2.31 bits per heavy atom. The Balaban J connectivity index is 2.46. The molecule has 0 unspecified atom stereocenters. The first-order valence-electron chi connectivity index (χ1n) is 3.89. The van der Waals surface area contributed by atoms with Crippen molar-refractivity contribution in [2.45, 2.75) is 6.92 Å². The number of rotatable bonds is 1. The lowest BCUT2D eigenvalue weighted by atomic mass is 10.3. The maximum absolute atomic E-state index is 4.22. The Bertz CT molecular complexity index is 422. The van der Waals surface area contributed by atoms with E-state index < -0.39 is 0 Å². The maximum atomic E-state index is 4.22. The summed E-state index contributed by atoms with van der Waals surface area (Å²) in [5, 5.41) is 4.17. The van der Waals surface area contributed by atoms with Crippen molar-refractivity contribution in [3.63, 3.8) is 0 Å². The molecule has 0 spiro atoms. The van der Waals surface area contributed by atoms with Gasteiger partial charge in [0.25, 0.3) is 0 Å². The van der Waals surface area contributed by atoms with Crippen molar-refractivity contribution < 1.29 is 0 Å². The molecule has 0 bridgehead atoms. The summed E-state index contributed by atoms with van der Waals surface area (Å²) < 4.78 is 2.88. The number of aromatic nitrogens is 3. The van der Waals surface area contributed by atoms with Crippen LogP contribution in [0.1, 0.15) is 5.56 Å². The van der Waals surface area contributed by atoms with Crippen molar-refractivity contribution in [2.24, 2.45) is 0 Å². The van der Waals surface area contributed by atoms with Crippen LogP contribution in [0.3, 0.4) is 0 Å². The molecule has 3 nitrogen and oxygen atoms in total. The van der Waals surface area contributed by atoms with Gasteiger partial charge in [0.15, 0.2) is 5.82 Å². The lowest BCUT2D eigenvalue weighted by Crippen LogP contribution is -1.97. The van der Waals surface area contributed by atoms with E-state index in [2.05, 4.69) is 32.7 Å². The van der Waals surface area contributed by atoms with Crippen molar-refractivity contribution in [3.8, 4) is 5.82 Å². The molecule has 2 heterocycles. The molecule has 0 saturated heterocycles. The third-order valence-electron chi connectivity index (χ3n) is 1.69. The predicted molar refractivity (Wildman–Crippen MR) is 58.8 cm³/mol. The van der Waals surface area contributed by atoms with Crippen LogP contribution in [0.4, 0.5) is 0 Å². The van der Waals surface area contributed by atoms with E-state index in [9.17, 15) is 0 Å². The highest BCUT2D eigenvalue weighted by Crippen LogP contribution is 2.08. The van der Waals surface area contributed by atoms with Gasteiger partial charge >= 0.3 is 0 Å². The normalized spacial score (nSPS) is 10.3. The fourth-order valence-corrected chi connectivity index (χ4v) is 1.46. The zero-order valence-electron chi connectivity index (χ0n) is 7.11. The van der Waals surface area contributed by atoms with Crippen LogP contribution in [0, 0.1) is 10.5 Å². The topological polar surface area (TPSA) is 30.7 Å². The average Bonchev–Trinajstić information content (AvgIpc) is 2.52. The summed E-state index contributed by atoms with van der Waals surface area (Å²) in [6, 6.07) is 3.97. The quantitative estimate of drug-likeness (QED) is 0.752. The Morgan fingerprint density at radius 1 is 1.46 bits per heavy atom.